The molecule has 0 bridgehead atoms. The Morgan fingerprint density at radius 3 is 2.72 bits per heavy atom. The molecular formula is C17H20FN5O2. The number of morpholine rings is 1. The third kappa shape index (κ3) is 3.21. The number of halogens is 1. The van der Waals surface area contributed by atoms with E-state index in [-0.39, 0.29) is 17.9 Å². The monoisotopic (exact) mass is 345 g/mol. The van der Waals surface area contributed by atoms with Crippen LogP contribution in [-0.4, -0.2) is 63.9 Å². The fourth-order valence-corrected chi connectivity index (χ4v) is 3.37. The van der Waals surface area contributed by atoms with E-state index >= 15 is 0 Å². The van der Waals surface area contributed by atoms with Crippen LogP contribution in [0.3, 0.4) is 0 Å². The van der Waals surface area contributed by atoms with Gasteiger partial charge in [0.15, 0.2) is 5.82 Å². The molecule has 25 heavy (non-hydrogen) atoms. The number of benzene rings is 1. The zero-order valence-corrected chi connectivity index (χ0v) is 13.8. The van der Waals surface area contributed by atoms with Crippen molar-refractivity contribution in [2.45, 2.75) is 18.9 Å². The highest BCUT2D eigenvalue weighted by atomic mass is 19.1. The van der Waals surface area contributed by atoms with Crippen LogP contribution in [0, 0.1) is 5.82 Å². The molecule has 0 spiro atoms. The van der Waals surface area contributed by atoms with E-state index in [0.29, 0.717) is 44.5 Å². The number of nitrogens with zero attached hydrogens (tertiary/aromatic N) is 4. The van der Waals surface area contributed by atoms with Crippen LogP contribution < -0.4 is 0 Å². The topological polar surface area (TPSA) is 74.3 Å². The van der Waals surface area contributed by atoms with Gasteiger partial charge in [-0.3, -0.25) is 5.10 Å². The van der Waals surface area contributed by atoms with Gasteiger partial charge in [-0.25, -0.2) is 14.2 Å². The lowest BCUT2D eigenvalue weighted by Crippen LogP contribution is -2.48. The number of nitrogens with one attached hydrogen (secondary N) is 1. The van der Waals surface area contributed by atoms with E-state index in [4.69, 9.17) is 4.74 Å². The number of rotatable bonds is 2. The predicted molar refractivity (Wildman–Crippen MR) is 88.2 cm³/mol. The molecule has 1 aromatic carbocycles. The molecule has 1 atom stereocenters. The molecule has 1 N–H and O–H groups in total. The van der Waals surface area contributed by atoms with Crippen LogP contribution in [0.25, 0.3) is 11.4 Å². The Bertz CT molecular complexity index is 742. The van der Waals surface area contributed by atoms with Gasteiger partial charge in [0.05, 0.1) is 19.3 Å². The van der Waals surface area contributed by atoms with Crippen LogP contribution in [0.1, 0.15) is 24.7 Å². The molecule has 0 radical (unpaired) electrons. The molecule has 4 rings (SSSR count). The number of urea groups is 1. The molecule has 132 valence electrons. The van der Waals surface area contributed by atoms with Crippen LogP contribution in [0.5, 0.6) is 0 Å². The van der Waals surface area contributed by atoms with Crippen LogP contribution >= 0.6 is 0 Å². The molecule has 2 aliphatic rings. The number of ether oxygens (including phenoxy) is 1. The molecule has 1 unspecified atom stereocenters. The number of hydrogen-bond donors (Lipinski definition) is 1. The van der Waals surface area contributed by atoms with Gasteiger partial charge in [-0.1, -0.05) is 0 Å². The molecule has 2 aromatic rings. The molecule has 1 aromatic heterocycles. The number of hydrogen-bond acceptors (Lipinski definition) is 4. The lowest BCUT2D eigenvalue weighted by Gasteiger charge is -2.33. The summed E-state index contributed by atoms with van der Waals surface area (Å²) in [5, 5.41) is 7.19. The highest BCUT2D eigenvalue weighted by molar-refractivity contribution is 5.75. The second-order valence-corrected chi connectivity index (χ2v) is 6.28. The molecule has 0 saturated carbocycles. The van der Waals surface area contributed by atoms with E-state index in [1.807, 2.05) is 9.80 Å². The van der Waals surface area contributed by atoms with Crippen molar-refractivity contribution in [3.63, 3.8) is 0 Å². The summed E-state index contributed by atoms with van der Waals surface area (Å²) in [5.41, 5.74) is 0.743. The Hall–Kier alpha value is -2.48. The summed E-state index contributed by atoms with van der Waals surface area (Å²) in [5.74, 6) is 0.900. The summed E-state index contributed by atoms with van der Waals surface area (Å²) in [4.78, 5) is 21.0. The average molecular weight is 345 g/mol. The Morgan fingerprint density at radius 2 is 1.96 bits per heavy atom. The summed E-state index contributed by atoms with van der Waals surface area (Å²) in [6.45, 7) is 3.13. The molecule has 3 heterocycles. The first-order valence-corrected chi connectivity index (χ1v) is 8.54. The Kier molecular flexibility index (Phi) is 4.35. The number of aromatic amines is 1. The number of carbonyl (C=O) groups excluding carboxylic acids is 1. The minimum atomic E-state index is -0.294. The van der Waals surface area contributed by atoms with Gasteiger partial charge >= 0.3 is 6.03 Å². The smallest absolute Gasteiger partial charge is 0.320 e. The maximum absolute atomic E-state index is 13.1. The molecule has 0 aliphatic carbocycles. The fourth-order valence-electron chi connectivity index (χ4n) is 3.37. The Morgan fingerprint density at radius 1 is 1.20 bits per heavy atom. The van der Waals surface area contributed by atoms with Gasteiger partial charge in [-0.15, -0.1) is 0 Å². The van der Waals surface area contributed by atoms with Gasteiger partial charge in [0.25, 0.3) is 0 Å². The lowest BCUT2D eigenvalue weighted by molar-refractivity contribution is 0.0419. The standard InChI is InChI=1S/C17H20FN5O2/c18-13-5-3-12(4-6-13)15-19-16(21-20-15)14-2-1-7-23(14)17(24)22-8-10-25-11-9-22/h3-6,14H,1-2,7-11H2,(H,19,20,21). The third-order valence-electron chi connectivity index (χ3n) is 4.70. The van der Waals surface area contributed by atoms with Crippen molar-refractivity contribution in [2.75, 3.05) is 32.8 Å². The Labute approximate surface area is 144 Å². The van der Waals surface area contributed by atoms with Crippen LogP contribution in [-0.2, 0) is 4.74 Å². The normalized spacial score (nSPS) is 20.9. The zero-order valence-electron chi connectivity index (χ0n) is 13.8. The van der Waals surface area contributed by atoms with Crippen molar-refractivity contribution in [3.05, 3.63) is 35.9 Å². The summed E-state index contributed by atoms with van der Waals surface area (Å²) in [7, 11) is 0. The summed E-state index contributed by atoms with van der Waals surface area (Å²) >= 11 is 0. The quantitative estimate of drug-likeness (QED) is 0.905. The molecular weight excluding hydrogens is 325 g/mol. The Balaban J connectivity index is 1.52. The van der Waals surface area contributed by atoms with Gasteiger partial charge < -0.3 is 14.5 Å². The van der Waals surface area contributed by atoms with Crippen molar-refractivity contribution in [2.24, 2.45) is 0 Å². The minimum absolute atomic E-state index is 0.0329. The van der Waals surface area contributed by atoms with Crippen LogP contribution in [0.4, 0.5) is 9.18 Å². The van der Waals surface area contributed by atoms with E-state index in [9.17, 15) is 9.18 Å². The van der Waals surface area contributed by atoms with Crippen molar-refractivity contribution in [3.8, 4) is 11.4 Å². The van der Waals surface area contributed by atoms with Crippen molar-refractivity contribution in [1.29, 1.82) is 0 Å². The largest absolute Gasteiger partial charge is 0.378 e. The van der Waals surface area contributed by atoms with Crippen LogP contribution in [0.15, 0.2) is 24.3 Å². The molecule has 7 nitrogen and oxygen atoms in total. The number of likely N-dealkylation sites (tertiary alicyclic amines) is 1. The second-order valence-electron chi connectivity index (χ2n) is 6.28. The second kappa shape index (κ2) is 6.79. The maximum Gasteiger partial charge on any atom is 0.320 e. The molecule has 2 fully saturated rings. The SMILES string of the molecule is O=C(N1CCOCC1)N1CCCC1c1nc(-c2ccc(F)cc2)n[nH]1. The molecule has 2 amide bonds. The van der Waals surface area contributed by atoms with Gasteiger partial charge in [0, 0.05) is 25.2 Å². The summed E-state index contributed by atoms with van der Waals surface area (Å²) < 4.78 is 18.4. The summed E-state index contributed by atoms with van der Waals surface area (Å²) in [6.07, 6.45) is 1.79. The summed E-state index contributed by atoms with van der Waals surface area (Å²) in [6, 6.07) is 5.99. The third-order valence-corrected chi connectivity index (χ3v) is 4.70. The first-order valence-electron chi connectivity index (χ1n) is 8.54. The van der Waals surface area contributed by atoms with Gasteiger partial charge in [-0.2, -0.15) is 5.10 Å². The molecule has 2 aliphatic heterocycles. The first-order chi connectivity index (χ1) is 12.2. The zero-order chi connectivity index (χ0) is 17.2. The van der Waals surface area contributed by atoms with Gasteiger partial charge in [0.1, 0.15) is 11.6 Å². The van der Waals surface area contributed by atoms with Crippen molar-refractivity contribution >= 4 is 6.03 Å². The van der Waals surface area contributed by atoms with E-state index in [2.05, 4.69) is 15.2 Å². The molecule has 2 saturated heterocycles. The molecule has 8 heteroatoms. The highest BCUT2D eigenvalue weighted by Gasteiger charge is 2.35. The number of H-pyrrole nitrogens is 1. The lowest BCUT2D eigenvalue weighted by atomic mass is 10.2. The van der Waals surface area contributed by atoms with Crippen molar-refractivity contribution < 1.29 is 13.9 Å². The fraction of sp³-hybridized carbons (Fsp3) is 0.471. The van der Waals surface area contributed by atoms with Crippen molar-refractivity contribution in [1.82, 2.24) is 25.0 Å². The number of amides is 2. The van der Waals surface area contributed by atoms with E-state index in [1.54, 1.807) is 12.1 Å². The van der Waals surface area contributed by atoms with Crippen LogP contribution in [0.2, 0.25) is 0 Å². The predicted octanol–water partition coefficient (Wildman–Crippen LogP) is 2.20. The van der Waals surface area contributed by atoms with E-state index in [0.717, 1.165) is 18.4 Å². The van der Waals surface area contributed by atoms with Gasteiger partial charge in [-0.05, 0) is 37.1 Å². The highest BCUT2D eigenvalue weighted by Crippen LogP contribution is 2.31. The van der Waals surface area contributed by atoms with E-state index in [1.165, 1.54) is 12.1 Å². The first kappa shape index (κ1) is 16.0. The number of carbonyl (C=O) groups is 1. The minimum Gasteiger partial charge on any atom is -0.378 e. The van der Waals surface area contributed by atoms with E-state index < -0.39 is 0 Å². The number of aromatic nitrogens is 3. The average Bonchev–Trinajstić information content (AvgIpc) is 3.31. The maximum atomic E-state index is 13.1. The van der Waals surface area contributed by atoms with Gasteiger partial charge in [0.2, 0.25) is 0 Å².